The van der Waals surface area contributed by atoms with Crippen LogP contribution in [0.25, 0.3) is 0 Å². The Balaban J connectivity index is 5.78. The van der Waals surface area contributed by atoms with Crippen molar-refractivity contribution in [3.05, 3.63) is 0 Å². The summed E-state index contributed by atoms with van der Waals surface area (Å²) in [5.41, 5.74) is 5.17. The van der Waals surface area contributed by atoms with Crippen LogP contribution >= 0.6 is 0 Å². The van der Waals surface area contributed by atoms with Gasteiger partial charge in [0.2, 0.25) is 35.4 Å². The van der Waals surface area contributed by atoms with Gasteiger partial charge in [0, 0.05) is 0 Å². The first-order valence-corrected chi connectivity index (χ1v) is 13.3. The fraction of sp³-hybridized carbons (Fsp3) is 0.667. The molecule has 250 valence electrons. The van der Waals surface area contributed by atoms with Crippen LogP contribution in [0, 0.1) is 5.92 Å². The number of nitrogens with one attached hydrogen (secondary N) is 6. The highest BCUT2D eigenvalue weighted by molar-refractivity contribution is 5.97. The molecule has 0 spiro atoms. The summed E-state index contributed by atoms with van der Waals surface area (Å²) in [6.07, 6.45) is -2.17. The summed E-state index contributed by atoms with van der Waals surface area (Å²) in [6.45, 7) is 0.962. The molecule has 0 aliphatic rings. The molecule has 0 fully saturated rings. The first-order chi connectivity index (χ1) is 20.5. The van der Waals surface area contributed by atoms with Gasteiger partial charge in [0.15, 0.2) is 0 Å². The summed E-state index contributed by atoms with van der Waals surface area (Å²) < 4.78 is 0. The van der Waals surface area contributed by atoms with Gasteiger partial charge < -0.3 is 63.2 Å². The smallest absolute Gasteiger partial charge is 0.322 e. The maximum atomic E-state index is 13.2. The Morgan fingerprint density at radius 2 is 1.14 bits per heavy atom. The van der Waals surface area contributed by atoms with E-state index >= 15 is 0 Å². The number of rotatable bonds is 20. The van der Waals surface area contributed by atoms with Crippen LogP contribution in [0.2, 0.25) is 0 Å². The molecule has 20 nitrogen and oxygen atoms in total. The molecular weight excluding hydrogens is 594 g/mol. The second kappa shape index (κ2) is 19.7. The number of aliphatic hydroxyl groups excluding tert-OH is 3. The van der Waals surface area contributed by atoms with Crippen molar-refractivity contribution in [2.45, 2.75) is 69.9 Å². The minimum Gasteiger partial charge on any atom is -0.481 e. The summed E-state index contributed by atoms with van der Waals surface area (Å²) in [7, 11) is 0. The topological polar surface area (TPSA) is 336 Å². The lowest BCUT2D eigenvalue weighted by Gasteiger charge is -2.29. The van der Waals surface area contributed by atoms with E-state index in [0.29, 0.717) is 0 Å². The molecule has 0 saturated heterocycles. The standard InChI is InChI=1S/C24H41N7O13/c1-4-10(2)18(30-22(42)14(9-33)28-21(41)12(5-16(36)37)27-15(35)6-25)23(43)31-19(11(3)34)24(44)29-13(8-32)20(40)26-7-17(38)39/h10-14,18-19,32-34H,4-9,25H2,1-3H3,(H,26,40)(H,27,35)(H,28,41)(H,29,44)(H,30,42)(H,31,43)(H,36,37)(H,38,39)/t10-,11+,12-,13-,14-,18-,19-/m0/s1. The molecule has 0 unspecified atom stereocenters. The summed E-state index contributed by atoms with van der Waals surface area (Å²) in [6, 6.07) is -8.18. The van der Waals surface area contributed by atoms with Gasteiger partial charge in [-0.15, -0.1) is 0 Å². The van der Waals surface area contributed by atoms with Crippen LogP contribution in [0.4, 0.5) is 0 Å². The molecule has 44 heavy (non-hydrogen) atoms. The minimum atomic E-state index is -1.73. The van der Waals surface area contributed by atoms with Gasteiger partial charge in [-0.1, -0.05) is 20.3 Å². The average Bonchev–Trinajstić information content (AvgIpc) is 2.96. The molecule has 6 amide bonds. The minimum absolute atomic E-state index is 0.280. The van der Waals surface area contributed by atoms with Crippen LogP contribution in [0.1, 0.15) is 33.6 Å². The number of carboxylic acid groups (broad SMARTS) is 2. The number of amides is 6. The van der Waals surface area contributed by atoms with Gasteiger partial charge in [-0.25, -0.2) is 0 Å². The van der Waals surface area contributed by atoms with Gasteiger partial charge in [0.25, 0.3) is 0 Å². The number of carboxylic acids is 2. The molecule has 0 aromatic heterocycles. The molecule has 0 rings (SSSR count). The maximum Gasteiger partial charge on any atom is 0.322 e. The number of carbonyl (C=O) groups is 8. The molecule has 0 radical (unpaired) electrons. The monoisotopic (exact) mass is 635 g/mol. The van der Waals surface area contributed by atoms with E-state index in [1.54, 1.807) is 6.92 Å². The van der Waals surface area contributed by atoms with Crippen molar-refractivity contribution in [3.63, 3.8) is 0 Å². The van der Waals surface area contributed by atoms with Crippen molar-refractivity contribution < 1.29 is 63.9 Å². The summed E-state index contributed by atoms with van der Waals surface area (Å²) in [5.74, 6) is -9.83. The molecule has 7 atom stereocenters. The van der Waals surface area contributed by atoms with E-state index in [1.807, 2.05) is 5.32 Å². The quantitative estimate of drug-likeness (QED) is 0.0592. The molecule has 0 aliphatic carbocycles. The number of hydrogen-bond donors (Lipinski definition) is 12. The fourth-order valence-corrected chi connectivity index (χ4v) is 3.45. The zero-order chi connectivity index (χ0) is 34.1. The third kappa shape index (κ3) is 13.7. The maximum absolute atomic E-state index is 13.2. The van der Waals surface area contributed by atoms with E-state index in [9.17, 15) is 53.7 Å². The molecule has 13 N–H and O–H groups in total. The zero-order valence-electron chi connectivity index (χ0n) is 24.4. The van der Waals surface area contributed by atoms with Crippen LogP contribution in [-0.4, -0.2) is 136 Å². The molecule has 0 bridgehead atoms. The van der Waals surface area contributed by atoms with Crippen molar-refractivity contribution in [3.8, 4) is 0 Å². The van der Waals surface area contributed by atoms with Crippen LogP contribution in [0.15, 0.2) is 0 Å². The molecule has 0 aliphatic heterocycles. The number of nitrogens with two attached hydrogens (primary N) is 1. The Morgan fingerprint density at radius 3 is 1.59 bits per heavy atom. The van der Waals surface area contributed by atoms with Crippen molar-refractivity contribution >= 4 is 47.4 Å². The van der Waals surface area contributed by atoms with Crippen LogP contribution in [-0.2, 0) is 38.4 Å². The van der Waals surface area contributed by atoms with Gasteiger partial charge in [-0.05, 0) is 12.8 Å². The van der Waals surface area contributed by atoms with Crippen LogP contribution in [0.3, 0.4) is 0 Å². The predicted octanol–water partition coefficient (Wildman–Crippen LogP) is -6.54. The van der Waals surface area contributed by atoms with Gasteiger partial charge in [-0.3, -0.25) is 38.4 Å². The number of aliphatic hydroxyl groups is 3. The summed E-state index contributed by atoms with van der Waals surface area (Å²) >= 11 is 0. The third-order valence-electron chi connectivity index (χ3n) is 6.12. The van der Waals surface area contributed by atoms with Crippen molar-refractivity contribution in [1.82, 2.24) is 31.9 Å². The first kappa shape index (κ1) is 39.6. The van der Waals surface area contributed by atoms with E-state index in [2.05, 4.69) is 26.6 Å². The van der Waals surface area contributed by atoms with E-state index < -0.39 is 122 Å². The molecule has 20 heteroatoms. The Kier molecular flexibility index (Phi) is 17.8. The van der Waals surface area contributed by atoms with E-state index in [1.165, 1.54) is 6.92 Å². The van der Waals surface area contributed by atoms with Crippen molar-refractivity contribution in [2.24, 2.45) is 11.7 Å². The molecule has 0 heterocycles. The molecule has 0 aromatic carbocycles. The Morgan fingerprint density at radius 1 is 0.659 bits per heavy atom. The zero-order valence-corrected chi connectivity index (χ0v) is 24.4. The Labute approximate surface area is 251 Å². The summed E-state index contributed by atoms with van der Waals surface area (Å²) in [4.78, 5) is 97.0. The van der Waals surface area contributed by atoms with E-state index in [-0.39, 0.29) is 6.42 Å². The normalized spacial score (nSPS) is 15.5. The number of hydrogen-bond acceptors (Lipinski definition) is 12. The fourth-order valence-electron chi connectivity index (χ4n) is 3.45. The first-order valence-electron chi connectivity index (χ1n) is 13.3. The largest absolute Gasteiger partial charge is 0.481 e. The Bertz CT molecular complexity index is 1060. The van der Waals surface area contributed by atoms with Crippen LogP contribution in [0.5, 0.6) is 0 Å². The van der Waals surface area contributed by atoms with Crippen molar-refractivity contribution in [2.75, 3.05) is 26.3 Å². The third-order valence-corrected chi connectivity index (χ3v) is 6.12. The highest BCUT2D eigenvalue weighted by Crippen LogP contribution is 2.10. The van der Waals surface area contributed by atoms with Gasteiger partial charge in [-0.2, -0.15) is 0 Å². The Hall–Kier alpha value is -4.40. The van der Waals surface area contributed by atoms with Gasteiger partial charge >= 0.3 is 11.9 Å². The second-order valence-electron chi connectivity index (χ2n) is 9.62. The SMILES string of the molecule is CC[C@H](C)[C@H](NC(=O)[C@H](CO)NC(=O)[C@H](CC(=O)O)NC(=O)CN)C(=O)N[C@H](C(=O)N[C@@H](CO)C(=O)NCC(=O)O)[C@@H](C)O. The van der Waals surface area contributed by atoms with Gasteiger partial charge in [0.1, 0.15) is 36.8 Å². The van der Waals surface area contributed by atoms with Crippen molar-refractivity contribution in [1.29, 1.82) is 0 Å². The molecule has 0 saturated carbocycles. The van der Waals surface area contributed by atoms with Crippen LogP contribution < -0.4 is 37.6 Å². The van der Waals surface area contributed by atoms with E-state index in [4.69, 9.17) is 15.9 Å². The predicted molar refractivity (Wildman–Crippen MR) is 147 cm³/mol. The highest BCUT2D eigenvalue weighted by atomic mass is 16.4. The lowest BCUT2D eigenvalue weighted by molar-refractivity contribution is -0.141. The molecular formula is C24H41N7O13. The number of aliphatic carboxylic acids is 2. The lowest BCUT2D eigenvalue weighted by Crippen LogP contribution is -2.62. The van der Waals surface area contributed by atoms with Gasteiger partial charge in [0.05, 0.1) is 32.3 Å². The average molecular weight is 636 g/mol. The lowest BCUT2D eigenvalue weighted by atomic mass is 9.97. The molecule has 0 aromatic rings. The highest BCUT2D eigenvalue weighted by Gasteiger charge is 2.35. The second-order valence-corrected chi connectivity index (χ2v) is 9.62. The number of carbonyl (C=O) groups excluding carboxylic acids is 6. The van der Waals surface area contributed by atoms with E-state index in [0.717, 1.165) is 6.92 Å². The summed E-state index contributed by atoms with van der Waals surface area (Å²) in [5, 5.41) is 59.7.